The Morgan fingerprint density at radius 1 is 1.32 bits per heavy atom. The molecule has 0 spiro atoms. The average molecular weight is 415 g/mol. The predicted molar refractivity (Wildman–Crippen MR) is 112 cm³/mol. The molecule has 3 aromatic rings. The Morgan fingerprint density at radius 3 is 2.93 bits per heavy atom. The van der Waals surface area contributed by atoms with E-state index in [2.05, 4.69) is 15.0 Å². The molecular weight excluding hydrogens is 396 g/mol. The van der Waals surface area contributed by atoms with Crippen LogP contribution in [0.2, 0.25) is 0 Å². The van der Waals surface area contributed by atoms with E-state index in [0.29, 0.717) is 18.7 Å². The quantitative estimate of drug-likeness (QED) is 0.626. The number of aldehydes is 1. The Labute approximate surface area is 166 Å². The molecule has 3 heterocycles. The standard InChI is InChI=1S/C19H18N4O3S2/c1-23(28(25,26)15-5-3-8-20-12-15)17-6-2-4-13-10-16(22-18(13)17)19-21-11-14(27-19)7-9-24/h2-6,8-10,12,14,22H,7,11H2,1H3. The molecule has 0 aliphatic carbocycles. The molecule has 2 aromatic heterocycles. The van der Waals surface area contributed by atoms with Crippen molar-refractivity contribution >= 4 is 49.7 Å². The molecule has 9 heteroatoms. The molecule has 4 rings (SSSR count). The largest absolute Gasteiger partial charge is 0.351 e. The summed E-state index contributed by atoms with van der Waals surface area (Å²) < 4.78 is 27.2. The van der Waals surface area contributed by atoms with Gasteiger partial charge in [-0.1, -0.05) is 23.9 Å². The smallest absolute Gasteiger partial charge is 0.265 e. The number of sulfonamides is 1. The number of thioether (sulfide) groups is 1. The number of aromatic amines is 1. The van der Waals surface area contributed by atoms with Crippen molar-refractivity contribution < 1.29 is 13.2 Å². The summed E-state index contributed by atoms with van der Waals surface area (Å²) >= 11 is 1.57. The lowest BCUT2D eigenvalue weighted by Gasteiger charge is -2.20. The fraction of sp³-hybridized carbons (Fsp3) is 0.211. The van der Waals surface area contributed by atoms with Crippen molar-refractivity contribution in [1.29, 1.82) is 0 Å². The number of aliphatic imine (C=N–C) groups is 1. The lowest BCUT2D eigenvalue weighted by Crippen LogP contribution is -2.26. The maximum absolute atomic E-state index is 13.0. The highest BCUT2D eigenvalue weighted by Crippen LogP contribution is 2.33. The number of carbonyl (C=O) groups excluding carboxylic acids is 1. The summed E-state index contributed by atoms with van der Waals surface area (Å²) in [6, 6.07) is 10.6. The summed E-state index contributed by atoms with van der Waals surface area (Å²) in [4.78, 5) is 22.6. The number of rotatable bonds is 6. The van der Waals surface area contributed by atoms with Crippen molar-refractivity contribution in [2.24, 2.45) is 4.99 Å². The van der Waals surface area contributed by atoms with Crippen LogP contribution in [-0.4, -0.2) is 48.6 Å². The highest BCUT2D eigenvalue weighted by molar-refractivity contribution is 8.15. The molecule has 0 saturated heterocycles. The summed E-state index contributed by atoms with van der Waals surface area (Å²) in [7, 11) is -2.21. The number of pyridine rings is 1. The number of para-hydroxylation sites is 1. The van der Waals surface area contributed by atoms with Gasteiger partial charge in [0.05, 0.1) is 23.4 Å². The van der Waals surface area contributed by atoms with Crippen LogP contribution in [-0.2, 0) is 14.8 Å². The topological polar surface area (TPSA) is 95.5 Å². The van der Waals surface area contributed by atoms with Gasteiger partial charge in [-0.05, 0) is 24.3 Å². The zero-order valence-corrected chi connectivity index (χ0v) is 16.7. The number of aromatic nitrogens is 2. The molecule has 0 amide bonds. The van der Waals surface area contributed by atoms with Gasteiger partial charge in [0.1, 0.15) is 16.2 Å². The molecule has 0 bridgehead atoms. The maximum Gasteiger partial charge on any atom is 0.265 e. The van der Waals surface area contributed by atoms with Crippen molar-refractivity contribution in [3.8, 4) is 0 Å². The second-order valence-electron chi connectivity index (χ2n) is 6.37. The molecule has 144 valence electrons. The number of hydrogen-bond acceptors (Lipinski definition) is 6. The predicted octanol–water partition coefficient (Wildman–Crippen LogP) is 2.84. The first-order valence-corrected chi connectivity index (χ1v) is 11.0. The van der Waals surface area contributed by atoms with E-state index in [-0.39, 0.29) is 10.1 Å². The number of nitrogens with zero attached hydrogens (tertiary/aromatic N) is 3. The Balaban J connectivity index is 1.71. The normalized spacial score (nSPS) is 16.9. The zero-order chi connectivity index (χ0) is 19.7. The highest BCUT2D eigenvalue weighted by atomic mass is 32.2. The van der Waals surface area contributed by atoms with Crippen molar-refractivity contribution in [3.63, 3.8) is 0 Å². The summed E-state index contributed by atoms with van der Waals surface area (Å²) in [5, 5.41) is 1.89. The minimum atomic E-state index is -3.73. The van der Waals surface area contributed by atoms with Crippen LogP contribution in [0.5, 0.6) is 0 Å². The van der Waals surface area contributed by atoms with Crippen molar-refractivity contribution in [2.45, 2.75) is 16.6 Å². The van der Waals surface area contributed by atoms with E-state index in [1.165, 1.54) is 29.8 Å². The molecule has 28 heavy (non-hydrogen) atoms. The highest BCUT2D eigenvalue weighted by Gasteiger charge is 2.25. The monoisotopic (exact) mass is 414 g/mol. The van der Waals surface area contributed by atoms with Gasteiger partial charge in [0.15, 0.2) is 0 Å². The summed E-state index contributed by atoms with van der Waals surface area (Å²) in [5.41, 5.74) is 2.09. The SMILES string of the molecule is CN(c1cccc2cc(C3=NCC(CC=O)S3)[nH]c12)S(=O)(=O)c1cccnc1. The molecule has 1 N–H and O–H groups in total. The molecule has 1 atom stereocenters. The van der Waals surface area contributed by atoms with Crippen LogP contribution in [0.3, 0.4) is 0 Å². The third kappa shape index (κ3) is 3.31. The molecule has 0 radical (unpaired) electrons. The number of hydrogen-bond donors (Lipinski definition) is 1. The van der Waals surface area contributed by atoms with Gasteiger partial charge in [-0.2, -0.15) is 0 Å². The first-order valence-electron chi connectivity index (χ1n) is 8.66. The number of carbonyl (C=O) groups is 1. The minimum Gasteiger partial charge on any atom is -0.351 e. The molecule has 1 aliphatic heterocycles. The van der Waals surface area contributed by atoms with Crippen molar-refractivity contribution in [3.05, 3.63) is 54.5 Å². The first-order chi connectivity index (χ1) is 13.5. The minimum absolute atomic E-state index is 0.133. The van der Waals surface area contributed by atoms with Gasteiger partial charge < -0.3 is 9.78 Å². The lowest BCUT2D eigenvalue weighted by molar-refractivity contribution is -0.107. The third-order valence-electron chi connectivity index (χ3n) is 4.57. The van der Waals surface area contributed by atoms with E-state index < -0.39 is 10.0 Å². The lowest BCUT2D eigenvalue weighted by atomic mass is 10.2. The van der Waals surface area contributed by atoms with Gasteiger partial charge in [0, 0.05) is 36.5 Å². The van der Waals surface area contributed by atoms with Crippen LogP contribution in [0.1, 0.15) is 12.1 Å². The Kier molecular flexibility index (Phi) is 4.94. The van der Waals surface area contributed by atoms with Crippen LogP contribution in [0.15, 0.2) is 58.7 Å². The molecular formula is C19H18N4O3S2. The van der Waals surface area contributed by atoms with Gasteiger partial charge in [-0.3, -0.25) is 14.3 Å². The van der Waals surface area contributed by atoms with Gasteiger partial charge in [0.2, 0.25) is 0 Å². The fourth-order valence-corrected chi connectivity index (χ4v) is 5.30. The van der Waals surface area contributed by atoms with Gasteiger partial charge in [-0.25, -0.2) is 8.42 Å². The number of benzene rings is 1. The maximum atomic E-state index is 13.0. The fourth-order valence-electron chi connectivity index (χ4n) is 3.10. The van der Waals surface area contributed by atoms with Crippen molar-refractivity contribution in [1.82, 2.24) is 9.97 Å². The Morgan fingerprint density at radius 2 is 2.18 bits per heavy atom. The third-order valence-corrected chi connectivity index (χ3v) is 7.57. The molecule has 7 nitrogen and oxygen atoms in total. The average Bonchev–Trinajstić information content (AvgIpc) is 3.35. The number of anilines is 1. The second-order valence-corrected chi connectivity index (χ2v) is 9.63. The van der Waals surface area contributed by atoms with Crippen LogP contribution < -0.4 is 4.31 Å². The Bertz CT molecular complexity index is 1160. The van der Waals surface area contributed by atoms with Crippen LogP contribution >= 0.6 is 11.8 Å². The van der Waals surface area contributed by atoms with Crippen LogP contribution in [0.25, 0.3) is 10.9 Å². The van der Waals surface area contributed by atoms with Gasteiger partial charge >= 0.3 is 0 Å². The molecule has 1 aromatic carbocycles. The molecule has 1 aliphatic rings. The van der Waals surface area contributed by atoms with Crippen LogP contribution in [0.4, 0.5) is 5.69 Å². The molecule has 1 unspecified atom stereocenters. The second kappa shape index (κ2) is 7.40. The van der Waals surface area contributed by atoms with E-state index in [9.17, 15) is 13.2 Å². The van der Waals surface area contributed by atoms with Crippen molar-refractivity contribution in [2.75, 3.05) is 17.9 Å². The van der Waals surface area contributed by atoms with Crippen LogP contribution in [0, 0.1) is 0 Å². The summed E-state index contributed by atoms with van der Waals surface area (Å²) in [6.07, 6.45) is 4.25. The summed E-state index contributed by atoms with van der Waals surface area (Å²) in [5.74, 6) is 0. The number of H-pyrrole nitrogens is 1. The van der Waals surface area contributed by atoms with E-state index in [1.807, 2.05) is 18.2 Å². The number of nitrogens with one attached hydrogen (secondary N) is 1. The van der Waals surface area contributed by atoms with E-state index in [1.54, 1.807) is 23.9 Å². The van der Waals surface area contributed by atoms with E-state index >= 15 is 0 Å². The molecule has 0 saturated carbocycles. The Hall–Kier alpha value is -2.65. The number of fused-ring (bicyclic) bond motifs is 1. The van der Waals surface area contributed by atoms with E-state index in [4.69, 9.17) is 0 Å². The van der Waals surface area contributed by atoms with E-state index in [0.717, 1.165) is 27.9 Å². The molecule has 0 fully saturated rings. The zero-order valence-electron chi connectivity index (χ0n) is 15.1. The van der Waals surface area contributed by atoms with Gasteiger partial charge in [0.25, 0.3) is 10.0 Å². The summed E-state index contributed by atoms with van der Waals surface area (Å²) in [6.45, 7) is 0.607. The first kappa shape index (κ1) is 18.7. The van der Waals surface area contributed by atoms with Gasteiger partial charge in [-0.15, -0.1) is 0 Å².